The Balaban J connectivity index is 1.65. The molecule has 0 saturated carbocycles. The molecule has 3 rings (SSSR count). The van der Waals surface area contributed by atoms with Crippen LogP contribution in [0.3, 0.4) is 0 Å². The summed E-state index contributed by atoms with van der Waals surface area (Å²) in [6.45, 7) is 6.14. The second-order valence-corrected chi connectivity index (χ2v) is 5.53. The molecule has 0 radical (unpaired) electrons. The van der Waals surface area contributed by atoms with Gasteiger partial charge < -0.3 is 14.4 Å². The Kier molecular flexibility index (Phi) is 4.36. The first-order valence-corrected chi connectivity index (χ1v) is 7.40. The van der Waals surface area contributed by atoms with Gasteiger partial charge in [0.25, 0.3) is 0 Å². The van der Waals surface area contributed by atoms with Gasteiger partial charge in [-0.1, -0.05) is 0 Å². The van der Waals surface area contributed by atoms with Gasteiger partial charge in [-0.25, -0.2) is 9.50 Å². The van der Waals surface area contributed by atoms with Crippen molar-refractivity contribution in [1.82, 2.24) is 14.6 Å². The number of fused-ring (bicyclic) bond motifs is 1. The number of nitrogens with zero attached hydrogens (tertiary/aromatic N) is 4. The lowest BCUT2D eigenvalue weighted by Gasteiger charge is -2.18. The molecule has 1 saturated heterocycles. The highest BCUT2D eigenvalue weighted by molar-refractivity contribution is 5.69. The van der Waals surface area contributed by atoms with E-state index < -0.39 is 0 Å². The predicted molar refractivity (Wildman–Crippen MR) is 80.7 cm³/mol. The van der Waals surface area contributed by atoms with Crippen molar-refractivity contribution < 1.29 is 9.47 Å². The van der Waals surface area contributed by atoms with Crippen LogP contribution in [-0.4, -0.2) is 54.6 Å². The van der Waals surface area contributed by atoms with Gasteiger partial charge in [-0.05, 0) is 19.4 Å². The Morgan fingerprint density at radius 3 is 3.14 bits per heavy atom. The molecular weight excluding hydrogens is 268 g/mol. The van der Waals surface area contributed by atoms with Crippen LogP contribution in [0.2, 0.25) is 0 Å². The summed E-state index contributed by atoms with van der Waals surface area (Å²) in [5.41, 5.74) is 2.10. The summed E-state index contributed by atoms with van der Waals surface area (Å²) in [5.74, 6) is 1.59. The maximum atomic E-state index is 5.64. The molecule has 3 heterocycles. The monoisotopic (exact) mass is 290 g/mol. The van der Waals surface area contributed by atoms with Crippen LogP contribution in [0.15, 0.2) is 18.5 Å². The minimum absolute atomic E-state index is 0.563. The topological polar surface area (TPSA) is 51.9 Å². The van der Waals surface area contributed by atoms with Gasteiger partial charge in [0.1, 0.15) is 5.52 Å². The fraction of sp³-hybridized carbons (Fsp3) is 0.600. The van der Waals surface area contributed by atoms with E-state index in [0.29, 0.717) is 19.1 Å². The first-order valence-electron chi connectivity index (χ1n) is 7.40. The Morgan fingerprint density at radius 1 is 1.38 bits per heavy atom. The van der Waals surface area contributed by atoms with Crippen molar-refractivity contribution >= 4 is 11.3 Å². The molecule has 2 aromatic rings. The molecule has 114 valence electrons. The highest BCUT2D eigenvalue weighted by Crippen LogP contribution is 2.26. The lowest BCUT2D eigenvalue weighted by molar-refractivity contribution is 0.0549. The van der Waals surface area contributed by atoms with E-state index in [2.05, 4.69) is 21.0 Å². The lowest BCUT2D eigenvalue weighted by Crippen LogP contribution is -2.23. The number of aromatic nitrogens is 3. The van der Waals surface area contributed by atoms with E-state index in [9.17, 15) is 0 Å². The van der Waals surface area contributed by atoms with Crippen LogP contribution >= 0.6 is 0 Å². The molecule has 0 aromatic carbocycles. The summed E-state index contributed by atoms with van der Waals surface area (Å²) >= 11 is 0. The normalized spacial score (nSPS) is 18.8. The summed E-state index contributed by atoms with van der Waals surface area (Å²) in [6, 6.07) is 2.09. The molecule has 6 heteroatoms. The minimum atomic E-state index is 0.563. The second kappa shape index (κ2) is 6.41. The Morgan fingerprint density at radius 2 is 2.29 bits per heavy atom. The van der Waals surface area contributed by atoms with Gasteiger partial charge in [0.15, 0.2) is 5.82 Å². The lowest BCUT2D eigenvalue weighted by atomic mass is 10.1. The zero-order chi connectivity index (χ0) is 14.7. The van der Waals surface area contributed by atoms with Crippen LogP contribution in [0.5, 0.6) is 0 Å². The summed E-state index contributed by atoms with van der Waals surface area (Å²) in [5, 5.41) is 4.45. The van der Waals surface area contributed by atoms with Crippen LogP contribution in [0.25, 0.3) is 5.52 Å². The molecule has 0 amide bonds. The zero-order valence-corrected chi connectivity index (χ0v) is 12.7. The van der Waals surface area contributed by atoms with E-state index in [4.69, 9.17) is 9.47 Å². The van der Waals surface area contributed by atoms with Crippen molar-refractivity contribution in [3.05, 3.63) is 24.2 Å². The largest absolute Gasteiger partial charge is 0.382 e. The molecule has 1 aliphatic heterocycles. The van der Waals surface area contributed by atoms with Crippen molar-refractivity contribution in [2.24, 2.45) is 5.92 Å². The Labute approximate surface area is 124 Å². The third kappa shape index (κ3) is 3.16. The molecule has 6 nitrogen and oxygen atoms in total. The quantitative estimate of drug-likeness (QED) is 0.755. The third-order valence-corrected chi connectivity index (χ3v) is 3.86. The molecule has 0 N–H and O–H groups in total. The number of ether oxygens (including phenoxy) is 2. The molecule has 1 aliphatic rings. The molecule has 1 unspecified atom stereocenters. The number of rotatable bonds is 6. The first-order chi connectivity index (χ1) is 10.3. The molecule has 0 bridgehead atoms. The van der Waals surface area contributed by atoms with Gasteiger partial charge in [-0.15, -0.1) is 0 Å². The Hall–Kier alpha value is -1.66. The number of hydrogen-bond acceptors (Lipinski definition) is 5. The highest BCUT2D eigenvalue weighted by Gasteiger charge is 2.25. The third-order valence-electron chi connectivity index (χ3n) is 3.86. The van der Waals surface area contributed by atoms with Crippen molar-refractivity contribution in [1.29, 1.82) is 0 Å². The van der Waals surface area contributed by atoms with Gasteiger partial charge in [-0.2, -0.15) is 5.10 Å². The summed E-state index contributed by atoms with van der Waals surface area (Å²) in [7, 11) is 1.69. The van der Waals surface area contributed by atoms with Gasteiger partial charge in [0.05, 0.1) is 25.5 Å². The van der Waals surface area contributed by atoms with Gasteiger partial charge in [0.2, 0.25) is 0 Å². The number of methoxy groups -OCH3 is 1. The average Bonchev–Trinajstić information content (AvgIpc) is 3.08. The first kappa shape index (κ1) is 14.3. The van der Waals surface area contributed by atoms with Crippen molar-refractivity contribution in [3.63, 3.8) is 0 Å². The second-order valence-electron chi connectivity index (χ2n) is 5.53. The summed E-state index contributed by atoms with van der Waals surface area (Å²) in [6.07, 6.45) is 4.85. The summed E-state index contributed by atoms with van der Waals surface area (Å²) in [4.78, 5) is 6.88. The number of hydrogen-bond donors (Lipinski definition) is 0. The van der Waals surface area contributed by atoms with Crippen LogP contribution in [0, 0.1) is 12.8 Å². The van der Waals surface area contributed by atoms with E-state index in [-0.39, 0.29) is 0 Å². The maximum Gasteiger partial charge on any atom is 0.154 e. The van der Waals surface area contributed by atoms with Crippen LogP contribution in [-0.2, 0) is 9.47 Å². The van der Waals surface area contributed by atoms with E-state index in [1.165, 1.54) is 0 Å². The molecular formula is C15H22N4O2. The van der Waals surface area contributed by atoms with E-state index >= 15 is 0 Å². The molecule has 2 aromatic heterocycles. The molecule has 0 spiro atoms. The minimum Gasteiger partial charge on any atom is -0.382 e. The standard InChI is InChI=1S/C15H22N4O2/c1-12-9-14-15(16-4-6-19(14)17-12)18-5-3-13(10-18)11-21-8-7-20-2/h4,6,9,13H,3,5,7-8,10-11H2,1-2H3. The van der Waals surface area contributed by atoms with E-state index in [1.807, 2.05) is 23.8 Å². The highest BCUT2D eigenvalue weighted by atomic mass is 16.5. The SMILES string of the molecule is COCCOCC1CCN(c2nccn3nc(C)cc23)C1. The van der Waals surface area contributed by atoms with Gasteiger partial charge in [-0.3, -0.25) is 0 Å². The molecule has 1 atom stereocenters. The number of anilines is 1. The van der Waals surface area contributed by atoms with Crippen molar-refractivity contribution in [2.45, 2.75) is 13.3 Å². The van der Waals surface area contributed by atoms with Crippen molar-refractivity contribution in [3.8, 4) is 0 Å². The number of aryl methyl sites for hydroxylation is 1. The van der Waals surface area contributed by atoms with Gasteiger partial charge in [0, 0.05) is 38.5 Å². The van der Waals surface area contributed by atoms with Gasteiger partial charge >= 0.3 is 0 Å². The van der Waals surface area contributed by atoms with Crippen LogP contribution in [0.1, 0.15) is 12.1 Å². The van der Waals surface area contributed by atoms with E-state index in [1.54, 1.807) is 7.11 Å². The van der Waals surface area contributed by atoms with E-state index in [0.717, 1.165) is 43.1 Å². The average molecular weight is 290 g/mol. The van der Waals surface area contributed by atoms with Crippen molar-refractivity contribution in [2.75, 3.05) is 44.9 Å². The summed E-state index contributed by atoms with van der Waals surface area (Å²) < 4.78 is 12.5. The zero-order valence-electron chi connectivity index (χ0n) is 12.7. The van der Waals surface area contributed by atoms with Crippen LogP contribution in [0.4, 0.5) is 5.82 Å². The maximum absolute atomic E-state index is 5.64. The fourth-order valence-corrected chi connectivity index (χ4v) is 2.83. The Bertz CT molecular complexity index is 598. The predicted octanol–water partition coefficient (Wildman–Crippen LogP) is 1.53. The molecule has 0 aliphatic carbocycles. The molecule has 1 fully saturated rings. The molecule has 21 heavy (non-hydrogen) atoms. The smallest absolute Gasteiger partial charge is 0.154 e. The fourth-order valence-electron chi connectivity index (χ4n) is 2.83. The van der Waals surface area contributed by atoms with Crippen LogP contribution < -0.4 is 4.90 Å².